The molecule has 202 valence electrons. The van der Waals surface area contributed by atoms with Crippen LogP contribution in [0.3, 0.4) is 0 Å². The molecule has 0 aromatic heterocycles. The van der Waals surface area contributed by atoms with Crippen molar-refractivity contribution >= 4 is 50.7 Å². The summed E-state index contributed by atoms with van der Waals surface area (Å²) in [5.41, 5.74) is 0.649. The lowest BCUT2D eigenvalue weighted by Crippen LogP contribution is -2.51. The Morgan fingerprint density at radius 1 is 0.947 bits per heavy atom. The average Bonchev–Trinajstić information content (AvgIpc) is 2.90. The van der Waals surface area contributed by atoms with E-state index in [9.17, 15) is 22.4 Å². The first-order valence-corrected chi connectivity index (χ1v) is 14.1. The number of benzene rings is 3. The van der Waals surface area contributed by atoms with E-state index in [0.29, 0.717) is 28.6 Å². The smallest absolute Gasteiger partial charge is 0.264 e. The van der Waals surface area contributed by atoms with E-state index in [4.69, 9.17) is 23.2 Å². The summed E-state index contributed by atoms with van der Waals surface area (Å²) < 4.78 is 41.7. The molecule has 0 aliphatic carbocycles. The maximum atomic E-state index is 13.8. The molecule has 1 atom stereocenters. The van der Waals surface area contributed by atoms with Crippen LogP contribution in [0, 0.1) is 5.82 Å². The van der Waals surface area contributed by atoms with Crippen LogP contribution in [0.5, 0.6) is 0 Å². The van der Waals surface area contributed by atoms with Crippen LogP contribution in [0.25, 0.3) is 0 Å². The minimum absolute atomic E-state index is 0.128. The first-order valence-electron chi connectivity index (χ1n) is 11.9. The summed E-state index contributed by atoms with van der Waals surface area (Å²) >= 11 is 12.7. The van der Waals surface area contributed by atoms with E-state index >= 15 is 0 Å². The molecule has 3 rings (SSSR count). The number of nitrogens with one attached hydrogen (secondary N) is 1. The summed E-state index contributed by atoms with van der Waals surface area (Å²) in [6.07, 6.45) is 0.695. The highest BCUT2D eigenvalue weighted by molar-refractivity contribution is 7.92. The average molecular weight is 581 g/mol. The van der Waals surface area contributed by atoms with E-state index in [1.165, 1.54) is 4.90 Å². The zero-order valence-corrected chi connectivity index (χ0v) is 23.2. The Kier molecular flexibility index (Phi) is 10.1. The lowest BCUT2D eigenvalue weighted by molar-refractivity contribution is -0.139. The number of amides is 2. The van der Waals surface area contributed by atoms with Crippen LogP contribution in [0.2, 0.25) is 10.0 Å². The van der Waals surface area contributed by atoms with Gasteiger partial charge in [-0.1, -0.05) is 54.4 Å². The second-order valence-electron chi connectivity index (χ2n) is 8.49. The van der Waals surface area contributed by atoms with Crippen LogP contribution >= 0.6 is 23.2 Å². The number of rotatable bonds is 11. The summed E-state index contributed by atoms with van der Waals surface area (Å²) in [4.78, 5) is 27.7. The van der Waals surface area contributed by atoms with Crippen molar-refractivity contribution in [2.45, 2.75) is 37.8 Å². The van der Waals surface area contributed by atoms with Gasteiger partial charge in [0.25, 0.3) is 10.0 Å². The Balaban J connectivity index is 2.03. The van der Waals surface area contributed by atoms with Crippen molar-refractivity contribution in [3.8, 4) is 0 Å². The highest BCUT2D eigenvalue weighted by Crippen LogP contribution is 2.28. The molecule has 11 heteroatoms. The summed E-state index contributed by atoms with van der Waals surface area (Å²) in [5, 5.41) is 3.37. The van der Waals surface area contributed by atoms with E-state index < -0.39 is 40.2 Å². The lowest BCUT2D eigenvalue weighted by Gasteiger charge is -2.32. The molecule has 0 saturated heterocycles. The minimum atomic E-state index is -4.28. The number of carbonyl (C=O) groups is 2. The quantitative estimate of drug-likeness (QED) is 0.335. The number of halogens is 3. The highest BCUT2D eigenvalue weighted by Gasteiger charge is 2.33. The zero-order valence-electron chi connectivity index (χ0n) is 20.9. The molecule has 0 saturated carbocycles. The van der Waals surface area contributed by atoms with E-state index in [2.05, 4.69) is 5.32 Å². The predicted octanol–water partition coefficient (Wildman–Crippen LogP) is 5.27. The number of hydrogen-bond acceptors (Lipinski definition) is 4. The maximum absolute atomic E-state index is 13.8. The fraction of sp³-hybridized carbons (Fsp3) is 0.259. The van der Waals surface area contributed by atoms with Gasteiger partial charge in [-0.05, 0) is 61.9 Å². The summed E-state index contributed by atoms with van der Waals surface area (Å²) in [6.45, 7) is 3.10. The molecule has 3 aromatic rings. The third-order valence-electron chi connectivity index (χ3n) is 5.83. The SMILES string of the molecule is CCCNC(=O)[C@@H](C)N(Cc1c(Cl)cccc1Cl)C(=O)CN(c1ccccc1)S(=O)(=O)c1ccc(F)cc1. The van der Waals surface area contributed by atoms with Crippen molar-refractivity contribution < 1.29 is 22.4 Å². The third kappa shape index (κ3) is 7.03. The Bertz CT molecular complexity index is 1350. The van der Waals surface area contributed by atoms with E-state index in [1.54, 1.807) is 55.5 Å². The van der Waals surface area contributed by atoms with Crippen LogP contribution in [-0.4, -0.2) is 44.3 Å². The van der Waals surface area contributed by atoms with Crippen LogP contribution < -0.4 is 9.62 Å². The van der Waals surface area contributed by atoms with Crippen LogP contribution in [0.4, 0.5) is 10.1 Å². The molecule has 0 spiro atoms. The molecule has 0 heterocycles. The number of sulfonamides is 1. The van der Waals surface area contributed by atoms with Gasteiger partial charge in [0.15, 0.2) is 0 Å². The van der Waals surface area contributed by atoms with E-state index in [1.807, 2.05) is 6.92 Å². The largest absolute Gasteiger partial charge is 0.354 e. The van der Waals surface area contributed by atoms with Crippen LogP contribution in [0.15, 0.2) is 77.7 Å². The molecular formula is C27H28Cl2FN3O4S. The van der Waals surface area contributed by atoms with Gasteiger partial charge in [-0.2, -0.15) is 0 Å². The number of anilines is 1. The van der Waals surface area contributed by atoms with Crippen molar-refractivity contribution in [2.75, 3.05) is 17.4 Å². The first-order chi connectivity index (χ1) is 18.1. The molecule has 0 unspecified atom stereocenters. The second kappa shape index (κ2) is 13.1. The van der Waals surface area contributed by atoms with Gasteiger partial charge < -0.3 is 10.2 Å². The molecule has 1 N–H and O–H groups in total. The molecular weight excluding hydrogens is 552 g/mol. The van der Waals surface area contributed by atoms with Gasteiger partial charge in [-0.25, -0.2) is 12.8 Å². The molecule has 0 bridgehead atoms. The molecule has 0 aliphatic rings. The summed E-state index contributed by atoms with van der Waals surface area (Å²) in [7, 11) is -4.28. The van der Waals surface area contributed by atoms with Gasteiger partial charge in [0.05, 0.1) is 10.6 Å². The molecule has 2 amide bonds. The van der Waals surface area contributed by atoms with Gasteiger partial charge in [-0.15, -0.1) is 0 Å². The van der Waals surface area contributed by atoms with Crippen molar-refractivity contribution in [1.82, 2.24) is 10.2 Å². The van der Waals surface area contributed by atoms with Crippen LogP contribution in [0.1, 0.15) is 25.8 Å². The van der Waals surface area contributed by atoms with E-state index in [-0.39, 0.29) is 17.1 Å². The summed E-state index contributed by atoms with van der Waals surface area (Å²) in [6, 6.07) is 16.3. The number of hydrogen-bond donors (Lipinski definition) is 1. The first kappa shape index (κ1) is 29.4. The molecule has 7 nitrogen and oxygen atoms in total. The Morgan fingerprint density at radius 2 is 1.55 bits per heavy atom. The van der Waals surface area contributed by atoms with Crippen molar-refractivity contribution in [3.05, 3.63) is 94.2 Å². The fourth-order valence-electron chi connectivity index (χ4n) is 3.69. The van der Waals surface area contributed by atoms with Gasteiger partial charge in [0.1, 0.15) is 18.4 Å². The monoisotopic (exact) mass is 579 g/mol. The number of carbonyl (C=O) groups excluding carboxylic acids is 2. The Labute approximate surface area is 232 Å². The molecule has 0 radical (unpaired) electrons. The lowest BCUT2D eigenvalue weighted by atomic mass is 10.1. The zero-order chi connectivity index (χ0) is 27.9. The summed E-state index contributed by atoms with van der Waals surface area (Å²) in [5.74, 6) is -1.66. The third-order valence-corrected chi connectivity index (χ3v) is 8.33. The van der Waals surface area contributed by atoms with Gasteiger partial charge in [0.2, 0.25) is 11.8 Å². The van der Waals surface area contributed by atoms with Gasteiger partial charge in [0, 0.05) is 28.7 Å². The van der Waals surface area contributed by atoms with Crippen molar-refractivity contribution in [2.24, 2.45) is 0 Å². The molecule has 38 heavy (non-hydrogen) atoms. The number of para-hydroxylation sites is 1. The second-order valence-corrected chi connectivity index (χ2v) is 11.2. The highest BCUT2D eigenvalue weighted by atomic mass is 35.5. The molecule has 0 aliphatic heterocycles. The van der Waals surface area contributed by atoms with E-state index in [0.717, 1.165) is 28.6 Å². The number of nitrogens with zero attached hydrogens (tertiary/aromatic N) is 2. The standard InChI is InChI=1S/C27H28Cl2FN3O4S/c1-3-16-31-27(35)19(2)32(17-23-24(28)10-7-11-25(23)29)26(34)18-33(21-8-5-4-6-9-21)38(36,37)22-14-12-20(30)13-15-22/h4-15,19H,3,16-18H2,1-2H3,(H,31,35)/t19-/m1/s1. The van der Waals surface area contributed by atoms with Gasteiger partial charge >= 0.3 is 0 Å². The van der Waals surface area contributed by atoms with Crippen LogP contribution in [-0.2, 0) is 26.2 Å². The molecule has 0 fully saturated rings. The minimum Gasteiger partial charge on any atom is -0.354 e. The fourth-order valence-corrected chi connectivity index (χ4v) is 5.62. The van der Waals surface area contributed by atoms with Crippen molar-refractivity contribution in [1.29, 1.82) is 0 Å². The Morgan fingerprint density at radius 3 is 2.13 bits per heavy atom. The normalized spacial score (nSPS) is 12.0. The van der Waals surface area contributed by atoms with Crippen molar-refractivity contribution in [3.63, 3.8) is 0 Å². The topological polar surface area (TPSA) is 86.8 Å². The predicted molar refractivity (Wildman–Crippen MR) is 147 cm³/mol. The molecule has 3 aromatic carbocycles. The Hall–Kier alpha value is -3.14. The maximum Gasteiger partial charge on any atom is 0.264 e. The van der Waals surface area contributed by atoms with Gasteiger partial charge in [-0.3, -0.25) is 13.9 Å².